The molecule has 3 rings (SSSR count). The van der Waals surface area contributed by atoms with E-state index in [2.05, 4.69) is 0 Å². The Bertz CT molecular complexity index is 797. The van der Waals surface area contributed by atoms with E-state index in [-0.39, 0.29) is 24.8 Å². The molecule has 0 saturated carbocycles. The van der Waals surface area contributed by atoms with Crippen LogP contribution < -0.4 is 0 Å². The first-order valence-electron chi connectivity index (χ1n) is 8.61. The molecule has 0 bridgehead atoms. The number of carbonyl (C=O) groups excluding carboxylic acids is 2. The highest BCUT2D eigenvalue weighted by molar-refractivity contribution is 7.88. The summed E-state index contributed by atoms with van der Waals surface area (Å²) in [5.41, 5.74) is 0.955. The second kappa shape index (κ2) is 7.22. The number of halogens is 1. The molecule has 2 aliphatic heterocycles. The van der Waals surface area contributed by atoms with Gasteiger partial charge in [0.2, 0.25) is 10.0 Å². The Labute approximate surface area is 152 Å². The quantitative estimate of drug-likeness (QED) is 0.784. The molecule has 2 fully saturated rings. The molecule has 1 aromatic rings. The second-order valence-corrected chi connectivity index (χ2v) is 8.65. The maximum absolute atomic E-state index is 13.2. The maximum Gasteiger partial charge on any atom is 0.341 e. The molecule has 0 N–H and O–H groups in total. The van der Waals surface area contributed by atoms with Gasteiger partial charge in [0.1, 0.15) is 5.82 Å². The van der Waals surface area contributed by atoms with Crippen LogP contribution in [0.5, 0.6) is 0 Å². The van der Waals surface area contributed by atoms with Crippen LogP contribution >= 0.6 is 0 Å². The highest BCUT2D eigenvalue weighted by Crippen LogP contribution is 2.28. The standard InChI is InChI=1S/C17H22FN3O4S/c1-26(24,25)21-11-10-20(17(21)23)16(22)19-9-3-2-4-14(12-19)13-5-7-15(18)8-6-13/h5-8,14H,2-4,9-12H2,1H3/t14-/m1/s1. The van der Waals surface area contributed by atoms with Gasteiger partial charge in [-0.25, -0.2) is 31.6 Å². The molecule has 0 unspecified atom stereocenters. The molecule has 1 atom stereocenters. The smallest absolute Gasteiger partial charge is 0.324 e. The summed E-state index contributed by atoms with van der Waals surface area (Å²) < 4.78 is 37.1. The van der Waals surface area contributed by atoms with E-state index in [0.29, 0.717) is 13.1 Å². The molecule has 142 valence electrons. The minimum Gasteiger partial charge on any atom is -0.324 e. The van der Waals surface area contributed by atoms with Crippen molar-refractivity contribution in [2.45, 2.75) is 25.2 Å². The van der Waals surface area contributed by atoms with Crippen LogP contribution in [-0.4, -0.2) is 67.0 Å². The van der Waals surface area contributed by atoms with E-state index >= 15 is 0 Å². The predicted molar refractivity (Wildman–Crippen MR) is 93.6 cm³/mol. The summed E-state index contributed by atoms with van der Waals surface area (Å²) in [6.45, 7) is 0.980. The zero-order valence-electron chi connectivity index (χ0n) is 14.6. The molecule has 4 amide bonds. The number of carbonyl (C=O) groups is 2. The zero-order chi connectivity index (χ0) is 18.9. The van der Waals surface area contributed by atoms with Crippen molar-refractivity contribution in [2.24, 2.45) is 0 Å². The van der Waals surface area contributed by atoms with Gasteiger partial charge in [-0.3, -0.25) is 0 Å². The van der Waals surface area contributed by atoms with Crippen molar-refractivity contribution in [1.29, 1.82) is 0 Å². The maximum atomic E-state index is 13.2. The van der Waals surface area contributed by atoms with Crippen LogP contribution in [-0.2, 0) is 10.0 Å². The topological polar surface area (TPSA) is 78.0 Å². The minimum atomic E-state index is -3.68. The van der Waals surface area contributed by atoms with E-state index in [1.54, 1.807) is 17.0 Å². The number of benzene rings is 1. The molecule has 2 heterocycles. The van der Waals surface area contributed by atoms with Crippen LogP contribution in [0, 0.1) is 5.82 Å². The Morgan fingerprint density at radius 1 is 1.12 bits per heavy atom. The van der Waals surface area contributed by atoms with Gasteiger partial charge >= 0.3 is 12.1 Å². The third-order valence-corrected chi connectivity index (χ3v) is 6.02. The lowest BCUT2D eigenvalue weighted by Gasteiger charge is -2.28. The van der Waals surface area contributed by atoms with E-state index in [1.165, 1.54) is 12.1 Å². The van der Waals surface area contributed by atoms with Crippen LogP contribution in [0.1, 0.15) is 30.7 Å². The van der Waals surface area contributed by atoms with E-state index < -0.39 is 22.1 Å². The lowest BCUT2D eigenvalue weighted by Crippen LogP contribution is -2.47. The number of imide groups is 1. The Kier molecular flexibility index (Phi) is 5.17. The largest absolute Gasteiger partial charge is 0.341 e. The third-order valence-electron chi connectivity index (χ3n) is 4.89. The number of amides is 4. The lowest BCUT2D eigenvalue weighted by molar-refractivity contribution is 0.161. The molecule has 7 nitrogen and oxygen atoms in total. The first-order valence-corrected chi connectivity index (χ1v) is 10.5. The van der Waals surface area contributed by atoms with Gasteiger partial charge in [0, 0.05) is 19.0 Å². The third kappa shape index (κ3) is 3.82. The van der Waals surface area contributed by atoms with Crippen molar-refractivity contribution in [3.63, 3.8) is 0 Å². The summed E-state index contributed by atoms with van der Waals surface area (Å²) in [6, 6.07) is 5.00. The van der Waals surface area contributed by atoms with Crippen molar-refractivity contribution >= 4 is 22.1 Å². The highest BCUT2D eigenvalue weighted by atomic mass is 32.2. The van der Waals surface area contributed by atoms with E-state index in [0.717, 1.165) is 40.3 Å². The van der Waals surface area contributed by atoms with Gasteiger partial charge in [-0.05, 0) is 30.5 Å². The Balaban J connectivity index is 1.74. The summed E-state index contributed by atoms with van der Waals surface area (Å²) in [4.78, 5) is 27.7. The summed E-state index contributed by atoms with van der Waals surface area (Å²) in [6.07, 6.45) is 3.56. The summed E-state index contributed by atoms with van der Waals surface area (Å²) >= 11 is 0. The predicted octanol–water partition coefficient (Wildman–Crippen LogP) is 2.21. The van der Waals surface area contributed by atoms with Gasteiger partial charge in [0.25, 0.3) is 0 Å². The molecular formula is C17H22FN3O4S. The number of rotatable bonds is 2. The molecule has 9 heteroatoms. The molecule has 0 aromatic heterocycles. The fraction of sp³-hybridized carbons (Fsp3) is 0.529. The summed E-state index contributed by atoms with van der Waals surface area (Å²) in [7, 11) is -3.68. The van der Waals surface area contributed by atoms with Gasteiger partial charge in [-0.15, -0.1) is 0 Å². The van der Waals surface area contributed by atoms with Gasteiger partial charge in [-0.2, -0.15) is 0 Å². The first kappa shape index (κ1) is 18.6. The van der Waals surface area contributed by atoms with Crippen molar-refractivity contribution in [3.05, 3.63) is 35.6 Å². The molecule has 2 aliphatic rings. The number of hydrogen-bond donors (Lipinski definition) is 0. The number of hydrogen-bond acceptors (Lipinski definition) is 4. The van der Waals surface area contributed by atoms with Crippen LogP contribution in [0.15, 0.2) is 24.3 Å². The molecule has 26 heavy (non-hydrogen) atoms. The Morgan fingerprint density at radius 3 is 2.42 bits per heavy atom. The first-order chi connectivity index (χ1) is 12.3. The van der Waals surface area contributed by atoms with Crippen LogP contribution in [0.25, 0.3) is 0 Å². The average molecular weight is 383 g/mol. The van der Waals surface area contributed by atoms with E-state index in [9.17, 15) is 22.4 Å². The zero-order valence-corrected chi connectivity index (χ0v) is 15.4. The van der Waals surface area contributed by atoms with Gasteiger partial charge in [-0.1, -0.05) is 18.6 Å². The van der Waals surface area contributed by atoms with E-state index in [1.807, 2.05) is 0 Å². The van der Waals surface area contributed by atoms with Crippen molar-refractivity contribution in [2.75, 3.05) is 32.4 Å². The second-order valence-electron chi connectivity index (χ2n) is 6.74. The van der Waals surface area contributed by atoms with Crippen molar-refractivity contribution in [1.82, 2.24) is 14.1 Å². The van der Waals surface area contributed by atoms with Crippen LogP contribution in [0.3, 0.4) is 0 Å². The molecule has 0 spiro atoms. The number of sulfonamides is 1. The summed E-state index contributed by atoms with van der Waals surface area (Å²) in [5, 5.41) is 0. The summed E-state index contributed by atoms with van der Waals surface area (Å²) in [5.74, 6) is -0.246. The van der Waals surface area contributed by atoms with Crippen LogP contribution in [0.4, 0.5) is 14.0 Å². The molecule has 0 aliphatic carbocycles. The number of urea groups is 2. The van der Waals surface area contributed by atoms with Crippen molar-refractivity contribution < 1.29 is 22.4 Å². The molecule has 0 radical (unpaired) electrons. The monoisotopic (exact) mass is 383 g/mol. The molecule has 1 aromatic carbocycles. The lowest BCUT2D eigenvalue weighted by atomic mass is 9.94. The fourth-order valence-electron chi connectivity index (χ4n) is 3.50. The number of likely N-dealkylation sites (tertiary alicyclic amines) is 1. The Morgan fingerprint density at radius 2 is 1.81 bits per heavy atom. The average Bonchev–Trinajstić information content (AvgIpc) is 2.82. The van der Waals surface area contributed by atoms with Crippen molar-refractivity contribution in [3.8, 4) is 0 Å². The van der Waals surface area contributed by atoms with Gasteiger partial charge in [0.05, 0.1) is 19.3 Å². The number of nitrogens with zero attached hydrogens (tertiary/aromatic N) is 3. The Hall–Kier alpha value is -2.16. The van der Waals surface area contributed by atoms with E-state index in [4.69, 9.17) is 0 Å². The molecule has 2 saturated heterocycles. The molecular weight excluding hydrogens is 361 g/mol. The SMILES string of the molecule is CS(=O)(=O)N1CCN(C(=O)N2CCCC[C@@H](c3ccc(F)cc3)C2)C1=O. The fourth-order valence-corrected chi connectivity index (χ4v) is 4.29. The normalized spacial score (nSPS) is 21.8. The van der Waals surface area contributed by atoms with Crippen LogP contribution in [0.2, 0.25) is 0 Å². The van der Waals surface area contributed by atoms with Gasteiger partial charge in [0.15, 0.2) is 0 Å². The van der Waals surface area contributed by atoms with Gasteiger partial charge < -0.3 is 4.90 Å². The highest BCUT2D eigenvalue weighted by Gasteiger charge is 2.40. The minimum absolute atomic E-state index is 0.0152.